The maximum atomic E-state index is 10.0. The van der Waals surface area contributed by atoms with Crippen molar-refractivity contribution in [1.82, 2.24) is 0 Å². The molecule has 0 saturated carbocycles. The van der Waals surface area contributed by atoms with E-state index in [2.05, 4.69) is 10.0 Å². The third-order valence-corrected chi connectivity index (χ3v) is 0.947. The molecule has 0 aliphatic rings. The minimum Gasteiger partial charge on any atom is -0.328 e. The van der Waals surface area contributed by atoms with Gasteiger partial charge in [-0.3, -0.25) is 4.52 Å². The summed E-state index contributed by atoms with van der Waals surface area (Å²) >= 11 is 0. The Hall–Kier alpha value is 0.0700. The quantitative estimate of drug-likeness (QED) is 0.437. The van der Waals surface area contributed by atoms with Crippen molar-refractivity contribution >= 4 is 7.75 Å². The third-order valence-electron chi connectivity index (χ3n) is 0.394. The summed E-state index contributed by atoms with van der Waals surface area (Å²) < 4.78 is 14.2. The topological polar surface area (TPSA) is 98.6 Å². The Morgan fingerprint density at radius 3 is 2.38 bits per heavy atom. The van der Waals surface area contributed by atoms with E-state index in [0.717, 1.165) is 0 Å². The second-order valence-electron chi connectivity index (χ2n) is 1.19. The van der Waals surface area contributed by atoms with E-state index < -0.39 is 7.75 Å². The van der Waals surface area contributed by atoms with Crippen LogP contribution in [0, 0.1) is 0 Å². The van der Waals surface area contributed by atoms with Gasteiger partial charge < -0.3 is 10.6 Å². The first-order chi connectivity index (χ1) is 3.56. The highest BCUT2D eigenvalue weighted by atomic mass is 31.2. The van der Waals surface area contributed by atoms with Gasteiger partial charge in [-0.1, -0.05) is 0 Å². The van der Waals surface area contributed by atoms with Crippen molar-refractivity contribution < 1.29 is 14.0 Å². The van der Waals surface area contributed by atoms with Crippen LogP contribution in [0.3, 0.4) is 0 Å². The Bertz CT molecular complexity index is 99.5. The maximum absolute atomic E-state index is 10.0. The summed E-state index contributed by atoms with van der Waals surface area (Å²) in [5.74, 6) is 0. The molecule has 0 aromatic rings. The van der Waals surface area contributed by atoms with Crippen molar-refractivity contribution in [3.05, 3.63) is 0 Å². The van der Waals surface area contributed by atoms with E-state index in [1.165, 1.54) is 0 Å². The molecule has 0 amide bonds. The van der Waals surface area contributed by atoms with Crippen molar-refractivity contribution in [2.24, 2.45) is 11.2 Å². The van der Waals surface area contributed by atoms with E-state index >= 15 is 0 Å². The van der Waals surface area contributed by atoms with Gasteiger partial charge in [0.1, 0.15) is 0 Å². The summed E-state index contributed by atoms with van der Waals surface area (Å²) in [4.78, 5) is 8.20. The summed E-state index contributed by atoms with van der Waals surface area (Å²) in [7, 11) is -3.76. The van der Waals surface area contributed by atoms with Crippen LogP contribution in [0.5, 0.6) is 0 Å². The molecule has 0 radical (unpaired) electrons. The molecule has 0 saturated heterocycles. The molecule has 0 rings (SSSR count). The fourth-order valence-electron chi connectivity index (χ4n) is 0.184. The minimum absolute atomic E-state index is 0.0181. The normalized spacial score (nSPS) is 17.9. The highest BCUT2D eigenvalue weighted by Gasteiger charge is 2.08. The van der Waals surface area contributed by atoms with Gasteiger partial charge in [0.15, 0.2) is 0 Å². The van der Waals surface area contributed by atoms with E-state index in [9.17, 15) is 4.57 Å². The lowest BCUT2D eigenvalue weighted by Crippen LogP contribution is -2.09. The lowest BCUT2D eigenvalue weighted by Gasteiger charge is -2.02. The van der Waals surface area contributed by atoms with Crippen molar-refractivity contribution in [2.45, 2.75) is 0 Å². The molecule has 1 atom stereocenters. The lowest BCUT2D eigenvalue weighted by molar-refractivity contribution is 0.267. The fourth-order valence-corrected chi connectivity index (χ4v) is 0.551. The number of hydrogen-bond donors (Lipinski definition) is 3. The predicted molar refractivity (Wildman–Crippen MR) is 29.0 cm³/mol. The zero-order valence-electron chi connectivity index (χ0n) is 4.28. The Balaban J connectivity index is 3.26. The first-order valence-electron chi connectivity index (χ1n) is 2.02. The average molecular weight is 140 g/mol. The summed E-state index contributed by atoms with van der Waals surface area (Å²) in [5.41, 5.74) is 9.48. The fraction of sp³-hybridized carbons (Fsp3) is 1.00. The van der Waals surface area contributed by atoms with Crippen molar-refractivity contribution in [1.29, 1.82) is 0 Å². The molecule has 0 aliphatic carbocycles. The van der Waals surface area contributed by atoms with Crippen molar-refractivity contribution in [3.63, 3.8) is 0 Å². The van der Waals surface area contributed by atoms with Crippen LogP contribution in [0.2, 0.25) is 0 Å². The lowest BCUT2D eigenvalue weighted by atomic mass is 10.8. The predicted octanol–water partition coefficient (Wildman–Crippen LogP) is -0.979. The number of nitrogens with two attached hydrogens (primary N) is 2. The maximum Gasteiger partial charge on any atom is 0.400 e. The van der Waals surface area contributed by atoms with Crippen LogP contribution in [-0.2, 0) is 9.09 Å². The van der Waals surface area contributed by atoms with E-state index in [1.807, 2.05) is 0 Å². The Labute approximate surface area is 47.2 Å². The summed E-state index contributed by atoms with van der Waals surface area (Å²) in [6.45, 7) is 0.214. The Morgan fingerprint density at radius 1 is 1.75 bits per heavy atom. The summed E-state index contributed by atoms with van der Waals surface area (Å²) in [6.07, 6.45) is 0. The van der Waals surface area contributed by atoms with Crippen molar-refractivity contribution in [2.75, 3.05) is 13.2 Å². The van der Waals surface area contributed by atoms with E-state index in [1.54, 1.807) is 0 Å². The number of hydrogen-bond acceptors (Lipinski definition) is 3. The molecular formula is C2H9N2O3P. The van der Waals surface area contributed by atoms with Gasteiger partial charge >= 0.3 is 7.75 Å². The van der Waals surface area contributed by atoms with Crippen LogP contribution in [0.25, 0.3) is 0 Å². The van der Waals surface area contributed by atoms with Crippen LogP contribution in [0.15, 0.2) is 0 Å². The third kappa shape index (κ3) is 6.07. The van der Waals surface area contributed by atoms with E-state index in [0.29, 0.717) is 0 Å². The Morgan fingerprint density at radius 2 is 2.25 bits per heavy atom. The second kappa shape index (κ2) is 3.17. The van der Waals surface area contributed by atoms with Gasteiger partial charge in [-0.2, -0.15) is 0 Å². The van der Waals surface area contributed by atoms with Crippen LogP contribution >= 0.6 is 7.75 Å². The van der Waals surface area contributed by atoms with Gasteiger partial charge in [-0.15, -0.1) is 0 Å². The largest absolute Gasteiger partial charge is 0.400 e. The first kappa shape index (κ1) is 8.07. The molecule has 8 heavy (non-hydrogen) atoms. The molecule has 0 spiro atoms. The van der Waals surface area contributed by atoms with Gasteiger partial charge in [0.2, 0.25) is 0 Å². The van der Waals surface area contributed by atoms with Gasteiger partial charge in [-0.05, 0) is 0 Å². The van der Waals surface area contributed by atoms with Gasteiger partial charge in [-0.25, -0.2) is 10.1 Å². The van der Waals surface area contributed by atoms with Crippen LogP contribution in [0.4, 0.5) is 0 Å². The van der Waals surface area contributed by atoms with Gasteiger partial charge in [0.25, 0.3) is 0 Å². The highest BCUT2D eigenvalue weighted by Crippen LogP contribution is 2.29. The molecule has 0 aromatic heterocycles. The molecule has 0 fully saturated rings. The molecule has 0 aromatic carbocycles. The second-order valence-corrected chi connectivity index (χ2v) is 2.57. The zero-order valence-corrected chi connectivity index (χ0v) is 5.17. The first-order valence-corrected chi connectivity index (χ1v) is 3.67. The Kier molecular flexibility index (Phi) is 3.19. The molecule has 5 N–H and O–H groups in total. The SMILES string of the molecule is NCCOP(N)(=O)O. The van der Waals surface area contributed by atoms with E-state index in [4.69, 9.17) is 10.6 Å². The highest BCUT2D eigenvalue weighted by molar-refractivity contribution is 7.50. The zero-order chi connectivity index (χ0) is 6.62. The minimum atomic E-state index is -3.76. The van der Waals surface area contributed by atoms with Crippen LogP contribution in [0.1, 0.15) is 0 Å². The summed E-state index contributed by atoms with van der Waals surface area (Å²) in [6, 6.07) is 0. The monoisotopic (exact) mass is 140 g/mol. The summed E-state index contributed by atoms with van der Waals surface area (Å²) in [5, 5.41) is 0. The molecule has 50 valence electrons. The van der Waals surface area contributed by atoms with Gasteiger partial charge in [0, 0.05) is 6.54 Å². The molecular weight excluding hydrogens is 131 g/mol. The number of rotatable bonds is 3. The van der Waals surface area contributed by atoms with Crippen LogP contribution < -0.4 is 11.2 Å². The van der Waals surface area contributed by atoms with Crippen LogP contribution in [-0.4, -0.2) is 18.0 Å². The van der Waals surface area contributed by atoms with Gasteiger partial charge in [0.05, 0.1) is 6.61 Å². The molecule has 0 aliphatic heterocycles. The standard InChI is InChI=1S/C2H9N2O3P/c3-1-2-7-8(4,5)6/h1-3H2,(H3,4,5,6). The molecule has 0 bridgehead atoms. The molecule has 1 unspecified atom stereocenters. The molecule has 0 heterocycles. The molecule has 6 heteroatoms. The smallest absolute Gasteiger partial charge is 0.328 e. The van der Waals surface area contributed by atoms with Crippen molar-refractivity contribution in [3.8, 4) is 0 Å². The average Bonchev–Trinajstić information content (AvgIpc) is 1.59. The van der Waals surface area contributed by atoms with E-state index in [-0.39, 0.29) is 13.2 Å². The molecule has 5 nitrogen and oxygen atoms in total.